The topological polar surface area (TPSA) is 84.0 Å². The van der Waals surface area contributed by atoms with Crippen LogP contribution in [0, 0.1) is 11.3 Å². The first-order valence-corrected chi connectivity index (χ1v) is 6.54. The van der Waals surface area contributed by atoms with E-state index < -0.39 is 0 Å². The van der Waals surface area contributed by atoms with Crippen molar-refractivity contribution < 1.29 is 9.53 Å². The fourth-order valence-corrected chi connectivity index (χ4v) is 2.19. The van der Waals surface area contributed by atoms with Gasteiger partial charge in [-0.25, -0.2) is 0 Å². The molecule has 7 nitrogen and oxygen atoms in total. The van der Waals surface area contributed by atoms with E-state index in [0.29, 0.717) is 30.9 Å². The normalized spacial score (nSPS) is 13.4. The predicted octanol–water partition coefficient (Wildman–Crippen LogP) is 0.571. The first-order valence-electron chi connectivity index (χ1n) is 6.54. The van der Waals surface area contributed by atoms with E-state index in [-0.39, 0.29) is 12.5 Å². The summed E-state index contributed by atoms with van der Waals surface area (Å²) in [5, 5.41) is 16.8. The lowest BCUT2D eigenvalue weighted by Gasteiger charge is -2.27. The number of carbonyl (C=O) groups excluding carboxylic acids is 1. The Labute approximate surface area is 121 Å². The summed E-state index contributed by atoms with van der Waals surface area (Å²) in [6, 6.07) is 8.89. The highest BCUT2D eigenvalue weighted by atomic mass is 16.5. The molecular formula is C14H13N5O2. The van der Waals surface area contributed by atoms with Crippen LogP contribution in [-0.2, 0) is 17.9 Å². The van der Waals surface area contributed by atoms with Crippen LogP contribution in [0.4, 0.5) is 0 Å². The molecule has 0 bridgehead atoms. The van der Waals surface area contributed by atoms with Crippen molar-refractivity contribution in [2.75, 3.05) is 13.2 Å². The van der Waals surface area contributed by atoms with Crippen molar-refractivity contribution in [3.63, 3.8) is 0 Å². The maximum absolute atomic E-state index is 12.2. The average Bonchev–Trinajstić information content (AvgIpc) is 3.00. The van der Waals surface area contributed by atoms with Crippen LogP contribution in [0.5, 0.6) is 5.75 Å². The summed E-state index contributed by atoms with van der Waals surface area (Å²) < 4.78 is 7.38. The van der Waals surface area contributed by atoms with Gasteiger partial charge in [0.1, 0.15) is 18.1 Å². The van der Waals surface area contributed by atoms with E-state index in [0.717, 1.165) is 5.82 Å². The van der Waals surface area contributed by atoms with E-state index in [1.807, 2.05) is 10.6 Å². The van der Waals surface area contributed by atoms with Gasteiger partial charge in [-0.1, -0.05) is 12.1 Å². The van der Waals surface area contributed by atoms with E-state index in [1.54, 1.807) is 35.5 Å². The molecule has 0 aliphatic carbocycles. The van der Waals surface area contributed by atoms with Gasteiger partial charge in [0.15, 0.2) is 12.4 Å². The average molecular weight is 283 g/mol. The zero-order chi connectivity index (χ0) is 14.7. The summed E-state index contributed by atoms with van der Waals surface area (Å²) in [6.07, 6.45) is 1.66. The molecule has 3 rings (SSSR count). The molecule has 0 N–H and O–H groups in total. The predicted molar refractivity (Wildman–Crippen MR) is 72.1 cm³/mol. The molecule has 0 spiro atoms. The largest absolute Gasteiger partial charge is 0.482 e. The number of fused-ring (bicyclic) bond motifs is 1. The van der Waals surface area contributed by atoms with Crippen molar-refractivity contribution in [1.82, 2.24) is 19.7 Å². The van der Waals surface area contributed by atoms with Gasteiger partial charge in [-0.05, 0) is 12.1 Å². The SMILES string of the molecule is N#Cc1ccccc1OCC(=O)N1CCn2cnnc2C1. The van der Waals surface area contributed by atoms with Crippen LogP contribution < -0.4 is 4.74 Å². The highest BCUT2D eigenvalue weighted by Gasteiger charge is 2.22. The number of hydrogen-bond acceptors (Lipinski definition) is 5. The Balaban J connectivity index is 1.62. The highest BCUT2D eigenvalue weighted by molar-refractivity contribution is 5.77. The van der Waals surface area contributed by atoms with Crippen LogP contribution in [0.3, 0.4) is 0 Å². The number of hydrogen-bond donors (Lipinski definition) is 0. The summed E-state index contributed by atoms with van der Waals surface area (Å²) in [6.45, 7) is 1.63. The number of rotatable bonds is 3. The second-order valence-corrected chi connectivity index (χ2v) is 4.65. The van der Waals surface area contributed by atoms with Gasteiger partial charge in [0.05, 0.1) is 12.1 Å². The number of benzene rings is 1. The fraction of sp³-hybridized carbons (Fsp3) is 0.286. The molecule has 0 radical (unpaired) electrons. The van der Waals surface area contributed by atoms with Gasteiger partial charge in [-0.2, -0.15) is 5.26 Å². The number of carbonyl (C=O) groups is 1. The first kappa shape index (κ1) is 13.1. The standard InChI is InChI=1S/C14H13N5O2/c15-7-11-3-1-2-4-12(11)21-9-14(20)18-5-6-19-10-16-17-13(19)8-18/h1-4,10H,5-6,8-9H2. The molecule has 7 heteroatoms. The molecule has 1 aromatic carbocycles. The number of aromatic nitrogens is 3. The summed E-state index contributed by atoms with van der Waals surface area (Å²) in [4.78, 5) is 13.8. The van der Waals surface area contributed by atoms with Gasteiger partial charge >= 0.3 is 0 Å². The van der Waals surface area contributed by atoms with Crippen LogP contribution in [0.1, 0.15) is 11.4 Å². The van der Waals surface area contributed by atoms with Crippen LogP contribution in [0.25, 0.3) is 0 Å². The van der Waals surface area contributed by atoms with Crippen molar-refractivity contribution in [3.8, 4) is 11.8 Å². The smallest absolute Gasteiger partial charge is 0.260 e. The maximum atomic E-state index is 12.2. The van der Waals surface area contributed by atoms with E-state index in [9.17, 15) is 4.79 Å². The molecule has 21 heavy (non-hydrogen) atoms. The van der Waals surface area contributed by atoms with Crippen LogP contribution in [0.2, 0.25) is 0 Å². The highest BCUT2D eigenvalue weighted by Crippen LogP contribution is 2.17. The van der Waals surface area contributed by atoms with Gasteiger partial charge in [-0.3, -0.25) is 4.79 Å². The Morgan fingerprint density at radius 2 is 2.24 bits per heavy atom. The summed E-state index contributed by atoms with van der Waals surface area (Å²) in [7, 11) is 0. The third-order valence-corrected chi connectivity index (χ3v) is 3.35. The molecule has 1 amide bonds. The van der Waals surface area contributed by atoms with E-state index >= 15 is 0 Å². The summed E-state index contributed by atoms with van der Waals surface area (Å²) in [5.74, 6) is 1.07. The second-order valence-electron chi connectivity index (χ2n) is 4.65. The van der Waals surface area contributed by atoms with Crippen LogP contribution >= 0.6 is 0 Å². The van der Waals surface area contributed by atoms with E-state index in [1.165, 1.54) is 0 Å². The lowest BCUT2D eigenvalue weighted by molar-refractivity contribution is -0.134. The minimum atomic E-state index is -0.128. The monoisotopic (exact) mass is 283 g/mol. The molecule has 0 fully saturated rings. The Morgan fingerprint density at radius 1 is 1.38 bits per heavy atom. The van der Waals surface area contributed by atoms with Gasteiger partial charge < -0.3 is 14.2 Å². The molecular weight excluding hydrogens is 270 g/mol. The minimum Gasteiger partial charge on any atom is -0.482 e. The van der Waals surface area contributed by atoms with Crippen molar-refractivity contribution in [2.45, 2.75) is 13.1 Å². The molecule has 1 aliphatic heterocycles. The Bertz CT molecular complexity index is 703. The van der Waals surface area contributed by atoms with E-state index in [4.69, 9.17) is 10.00 Å². The molecule has 2 heterocycles. The van der Waals surface area contributed by atoms with Gasteiger partial charge in [0.25, 0.3) is 5.91 Å². The molecule has 0 saturated carbocycles. The molecule has 0 unspecified atom stereocenters. The Hall–Kier alpha value is -2.88. The molecule has 1 aliphatic rings. The van der Waals surface area contributed by atoms with E-state index in [2.05, 4.69) is 10.2 Å². The first-order chi connectivity index (χ1) is 10.3. The van der Waals surface area contributed by atoms with Gasteiger partial charge in [-0.15, -0.1) is 10.2 Å². The van der Waals surface area contributed by atoms with Crippen molar-refractivity contribution in [2.24, 2.45) is 0 Å². The van der Waals surface area contributed by atoms with Crippen molar-refractivity contribution in [3.05, 3.63) is 42.0 Å². The van der Waals surface area contributed by atoms with Gasteiger partial charge in [0.2, 0.25) is 0 Å². The molecule has 2 aromatic rings. The fourth-order valence-electron chi connectivity index (χ4n) is 2.19. The number of ether oxygens (including phenoxy) is 1. The molecule has 0 atom stereocenters. The quantitative estimate of drug-likeness (QED) is 0.822. The van der Waals surface area contributed by atoms with Crippen molar-refractivity contribution in [1.29, 1.82) is 5.26 Å². The number of nitriles is 1. The Morgan fingerprint density at radius 3 is 3.10 bits per heavy atom. The lowest BCUT2D eigenvalue weighted by Crippen LogP contribution is -2.40. The molecule has 1 aromatic heterocycles. The number of nitrogens with zero attached hydrogens (tertiary/aromatic N) is 5. The van der Waals surface area contributed by atoms with Crippen LogP contribution in [-0.4, -0.2) is 38.7 Å². The summed E-state index contributed by atoms with van der Waals surface area (Å²) in [5.41, 5.74) is 0.420. The van der Waals surface area contributed by atoms with Gasteiger partial charge in [0, 0.05) is 13.1 Å². The second kappa shape index (κ2) is 5.63. The Kier molecular flexibility index (Phi) is 3.51. The number of para-hydroxylation sites is 1. The molecule has 0 saturated heterocycles. The molecule has 106 valence electrons. The number of amides is 1. The zero-order valence-electron chi connectivity index (χ0n) is 11.3. The third-order valence-electron chi connectivity index (χ3n) is 3.35. The zero-order valence-corrected chi connectivity index (χ0v) is 11.3. The van der Waals surface area contributed by atoms with Crippen molar-refractivity contribution >= 4 is 5.91 Å². The van der Waals surface area contributed by atoms with Crippen LogP contribution in [0.15, 0.2) is 30.6 Å². The third kappa shape index (κ3) is 2.69. The lowest BCUT2D eigenvalue weighted by atomic mass is 10.2. The summed E-state index contributed by atoms with van der Waals surface area (Å²) >= 11 is 0. The minimum absolute atomic E-state index is 0.0904. The maximum Gasteiger partial charge on any atom is 0.260 e.